The monoisotopic (exact) mass is 274 g/mol. The molecule has 1 heterocycles. The fourth-order valence-corrected chi connectivity index (χ4v) is 1.55. The van der Waals surface area contributed by atoms with Crippen LogP contribution in [0.5, 0.6) is 0 Å². The summed E-state index contributed by atoms with van der Waals surface area (Å²) in [5.74, 6) is 5.63. The van der Waals surface area contributed by atoms with E-state index in [9.17, 15) is 4.79 Å². The van der Waals surface area contributed by atoms with E-state index in [-0.39, 0.29) is 0 Å². The Morgan fingerprint density at radius 2 is 1.85 bits per heavy atom. The number of hydrogen-bond acceptors (Lipinski definition) is 8. The summed E-state index contributed by atoms with van der Waals surface area (Å²) >= 11 is 0. The second-order valence-corrected chi connectivity index (χ2v) is 3.82. The first kappa shape index (κ1) is 13.6. The summed E-state index contributed by atoms with van der Waals surface area (Å²) in [5.41, 5.74) is 9.68. The Balaban J connectivity index is 2.20. The van der Waals surface area contributed by atoms with E-state index in [1.807, 2.05) is 0 Å². The molecular formula is C12H14N6O2. The highest BCUT2D eigenvalue weighted by Gasteiger charge is 2.08. The molecule has 20 heavy (non-hydrogen) atoms. The average Bonchev–Trinajstić information content (AvgIpc) is 2.49. The molecule has 1 aromatic heterocycles. The van der Waals surface area contributed by atoms with Gasteiger partial charge in [0.05, 0.1) is 12.7 Å². The number of nitrogens with two attached hydrogens (primary N) is 2. The number of nitrogens with zero attached hydrogens (tertiary/aromatic N) is 2. The third-order valence-corrected chi connectivity index (χ3v) is 2.59. The number of benzene rings is 1. The maximum absolute atomic E-state index is 11.3. The first-order chi connectivity index (χ1) is 9.65. The van der Waals surface area contributed by atoms with Crippen LogP contribution < -0.4 is 22.3 Å². The molecule has 0 unspecified atom stereocenters. The number of nitrogens with one attached hydrogen (secondary N) is 2. The van der Waals surface area contributed by atoms with Gasteiger partial charge < -0.3 is 21.2 Å². The van der Waals surface area contributed by atoms with Crippen molar-refractivity contribution in [2.45, 2.75) is 0 Å². The molecule has 0 aliphatic carbocycles. The smallest absolute Gasteiger partial charge is 0.337 e. The summed E-state index contributed by atoms with van der Waals surface area (Å²) < 4.78 is 4.62. The van der Waals surface area contributed by atoms with E-state index in [0.29, 0.717) is 28.6 Å². The Kier molecular flexibility index (Phi) is 3.96. The maximum Gasteiger partial charge on any atom is 0.337 e. The van der Waals surface area contributed by atoms with Crippen molar-refractivity contribution in [3.8, 4) is 0 Å². The second kappa shape index (κ2) is 5.85. The molecule has 1 aromatic carbocycles. The molecule has 104 valence electrons. The van der Waals surface area contributed by atoms with Gasteiger partial charge >= 0.3 is 5.97 Å². The number of hydrazine groups is 1. The maximum atomic E-state index is 11.3. The minimum Gasteiger partial charge on any atom is -0.465 e. The molecule has 0 amide bonds. The number of carbonyl (C=O) groups is 1. The van der Waals surface area contributed by atoms with Crippen molar-refractivity contribution in [2.75, 3.05) is 23.6 Å². The number of nitrogen functional groups attached to an aromatic ring is 2. The SMILES string of the molecule is COC(=O)c1ccc(Nc2ncnc(NN)c2N)cc1. The molecule has 0 saturated carbocycles. The van der Waals surface area contributed by atoms with Crippen LogP contribution in [0.1, 0.15) is 10.4 Å². The van der Waals surface area contributed by atoms with Crippen LogP contribution in [0.25, 0.3) is 0 Å². The van der Waals surface area contributed by atoms with Crippen molar-refractivity contribution in [1.82, 2.24) is 9.97 Å². The van der Waals surface area contributed by atoms with Crippen LogP contribution in [0.15, 0.2) is 30.6 Å². The molecule has 8 nitrogen and oxygen atoms in total. The summed E-state index contributed by atoms with van der Waals surface area (Å²) in [6, 6.07) is 6.69. The first-order valence-electron chi connectivity index (χ1n) is 5.68. The minimum absolute atomic E-state index is 0.298. The third-order valence-electron chi connectivity index (χ3n) is 2.59. The van der Waals surface area contributed by atoms with E-state index in [1.165, 1.54) is 13.4 Å². The van der Waals surface area contributed by atoms with Crippen LogP contribution >= 0.6 is 0 Å². The van der Waals surface area contributed by atoms with Gasteiger partial charge in [0.25, 0.3) is 0 Å². The molecule has 0 radical (unpaired) electrons. The van der Waals surface area contributed by atoms with Crippen molar-refractivity contribution < 1.29 is 9.53 Å². The fourth-order valence-electron chi connectivity index (χ4n) is 1.55. The number of hydrogen-bond donors (Lipinski definition) is 4. The summed E-state index contributed by atoms with van der Waals surface area (Å²) in [4.78, 5) is 19.2. The zero-order valence-electron chi connectivity index (χ0n) is 10.8. The number of esters is 1. The summed E-state index contributed by atoms with van der Waals surface area (Å²) in [5, 5.41) is 3.01. The lowest BCUT2D eigenvalue weighted by Crippen LogP contribution is -2.12. The van der Waals surface area contributed by atoms with E-state index in [2.05, 4.69) is 25.4 Å². The lowest BCUT2D eigenvalue weighted by molar-refractivity contribution is 0.0601. The molecule has 0 aliphatic rings. The van der Waals surface area contributed by atoms with Gasteiger partial charge in [0.1, 0.15) is 12.0 Å². The Morgan fingerprint density at radius 1 is 1.20 bits per heavy atom. The number of carbonyl (C=O) groups excluding carboxylic acids is 1. The van der Waals surface area contributed by atoms with E-state index in [4.69, 9.17) is 11.6 Å². The number of anilines is 4. The number of aromatic nitrogens is 2. The van der Waals surface area contributed by atoms with Gasteiger partial charge in [0.15, 0.2) is 11.6 Å². The van der Waals surface area contributed by atoms with Crippen LogP contribution in [0.3, 0.4) is 0 Å². The van der Waals surface area contributed by atoms with E-state index in [1.54, 1.807) is 24.3 Å². The summed E-state index contributed by atoms with van der Waals surface area (Å²) in [7, 11) is 1.33. The van der Waals surface area contributed by atoms with Gasteiger partial charge in [-0.3, -0.25) is 0 Å². The van der Waals surface area contributed by atoms with Gasteiger partial charge in [-0.25, -0.2) is 20.6 Å². The Bertz CT molecular complexity index is 614. The molecule has 6 N–H and O–H groups in total. The van der Waals surface area contributed by atoms with Gasteiger partial charge in [0.2, 0.25) is 0 Å². The van der Waals surface area contributed by atoms with Crippen LogP contribution in [-0.2, 0) is 4.74 Å². The zero-order chi connectivity index (χ0) is 14.5. The topological polar surface area (TPSA) is 128 Å². The molecule has 0 spiro atoms. The van der Waals surface area contributed by atoms with Gasteiger partial charge in [-0.15, -0.1) is 0 Å². The Morgan fingerprint density at radius 3 is 2.45 bits per heavy atom. The Hall–Kier alpha value is -2.87. The highest BCUT2D eigenvalue weighted by atomic mass is 16.5. The predicted molar refractivity (Wildman–Crippen MR) is 75.3 cm³/mol. The van der Waals surface area contributed by atoms with Gasteiger partial charge in [-0.1, -0.05) is 0 Å². The molecular weight excluding hydrogens is 260 g/mol. The van der Waals surface area contributed by atoms with Crippen molar-refractivity contribution in [3.63, 3.8) is 0 Å². The average molecular weight is 274 g/mol. The standard InChI is InChI=1S/C12H14N6O2/c1-20-12(19)7-2-4-8(5-3-7)17-10-9(13)11(18-14)16-6-15-10/h2-6H,13-14H2,1H3,(H2,15,16,17,18). The zero-order valence-corrected chi connectivity index (χ0v) is 10.8. The van der Waals surface area contributed by atoms with E-state index in [0.717, 1.165) is 0 Å². The van der Waals surface area contributed by atoms with Crippen molar-refractivity contribution in [3.05, 3.63) is 36.2 Å². The molecule has 0 saturated heterocycles. The molecule has 2 rings (SSSR count). The predicted octanol–water partition coefficient (Wildman–Crippen LogP) is 0.875. The molecule has 0 bridgehead atoms. The minimum atomic E-state index is -0.396. The number of methoxy groups -OCH3 is 1. The highest BCUT2D eigenvalue weighted by Crippen LogP contribution is 2.25. The van der Waals surface area contributed by atoms with Gasteiger partial charge in [-0.2, -0.15) is 0 Å². The van der Waals surface area contributed by atoms with Crippen LogP contribution in [0.2, 0.25) is 0 Å². The third kappa shape index (κ3) is 2.75. The summed E-state index contributed by atoms with van der Waals surface area (Å²) in [6.07, 6.45) is 1.33. The molecule has 8 heteroatoms. The molecule has 0 aliphatic heterocycles. The lowest BCUT2D eigenvalue weighted by atomic mass is 10.2. The lowest BCUT2D eigenvalue weighted by Gasteiger charge is -2.10. The van der Waals surface area contributed by atoms with Crippen LogP contribution in [-0.4, -0.2) is 23.0 Å². The van der Waals surface area contributed by atoms with E-state index >= 15 is 0 Å². The first-order valence-corrected chi connectivity index (χ1v) is 5.68. The van der Waals surface area contributed by atoms with Crippen molar-refractivity contribution in [2.24, 2.45) is 5.84 Å². The van der Waals surface area contributed by atoms with Crippen LogP contribution in [0, 0.1) is 0 Å². The summed E-state index contributed by atoms with van der Waals surface area (Å²) in [6.45, 7) is 0. The second-order valence-electron chi connectivity index (χ2n) is 3.82. The largest absolute Gasteiger partial charge is 0.465 e. The van der Waals surface area contributed by atoms with Crippen LogP contribution in [0.4, 0.5) is 23.0 Å². The highest BCUT2D eigenvalue weighted by molar-refractivity contribution is 5.90. The number of rotatable bonds is 4. The molecule has 2 aromatic rings. The molecule has 0 fully saturated rings. The van der Waals surface area contributed by atoms with Crippen molar-refractivity contribution >= 4 is 29.0 Å². The van der Waals surface area contributed by atoms with Gasteiger partial charge in [0, 0.05) is 5.69 Å². The van der Waals surface area contributed by atoms with E-state index < -0.39 is 5.97 Å². The fraction of sp³-hybridized carbons (Fsp3) is 0.0833. The molecule has 0 atom stereocenters. The quantitative estimate of drug-likeness (QED) is 0.367. The van der Waals surface area contributed by atoms with Gasteiger partial charge in [-0.05, 0) is 24.3 Å². The number of ether oxygens (including phenoxy) is 1. The van der Waals surface area contributed by atoms with Crippen molar-refractivity contribution in [1.29, 1.82) is 0 Å². The normalized spacial score (nSPS) is 9.90. The Labute approximate surface area is 115 Å².